The third-order valence-corrected chi connectivity index (χ3v) is 4.99. The summed E-state index contributed by atoms with van der Waals surface area (Å²) in [6.07, 6.45) is 2.79. The van der Waals surface area contributed by atoms with Crippen molar-refractivity contribution in [2.24, 2.45) is 18.4 Å². The minimum absolute atomic E-state index is 0.151. The largest absolute Gasteiger partial charge is 0.373 e. The maximum absolute atomic E-state index is 8.75. The van der Waals surface area contributed by atoms with Gasteiger partial charge in [-0.15, -0.1) is 0 Å². The van der Waals surface area contributed by atoms with Crippen LogP contribution in [-0.2, 0) is 11.8 Å². The molecule has 1 aromatic heterocycles. The van der Waals surface area contributed by atoms with E-state index >= 15 is 0 Å². The van der Waals surface area contributed by atoms with Gasteiger partial charge in [0.2, 0.25) is 0 Å². The average Bonchev–Trinajstić information content (AvgIpc) is 3.02. The molecule has 1 saturated heterocycles. The SMILES string of the molecule is Cc1nn(C)c(C)c1C1OCCC1CNCC(C)(C)CCC#N. The molecule has 128 valence electrons. The summed E-state index contributed by atoms with van der Waals surface area (Å²) in [6.45, 7) is 11.3. The molecule has 1 aliphatic heterocycles. The lowest BCUT2D eigenvalue weighted by atomic mass is 9.87. The Hall–Kier alpha value is -1.38. The van der Waals surface area contributed by atoms with Gasteiger partial charge in [0, 0.05) is 50.3 Å². The van der Waals surface area contributed by atoms with Crippen LogP contribution in [-0.4, -0.2) is 29.5 Å². The molecule has 0 radical (unpaired) electrons. The third-order valence-electron chi connectivity index (χ3n) is 4.99. The van der Waals surface area contributed by atoms with Gasteiger partial charge in [0.1, 0.15) is 0 Å². The Morgan fingerprint density at radius 2 is 2.17 bits per heavy atom. The smallest absolute Gasteiger partial charge is 0.0901 e. The normalized spacial score (nSPS) is 21.6. The van der Waals surface area contributed by atoms with Crippen molar-refractivity contribution >= 4 is 0 Å². The highest BCUT2D eigenvalue weighted by atomic mass is 16.5. The average molecular weight is 318 g/mol. The van der Waals surface area contributed by atoms with Crippen molar-refractivity contribution in [3.05, 3.63) is 17.0 Å². The molecule has 1 fully saturated rings. The van der Waals surface area contributed by atoms with Crippen LogP contribution >= 0.6 is 0 Å². The lowest BCUT2D eigenvalue weighted by Gasteiger charge is -2.26. The molecule has 5 heteroatoms. The van der Waals surface area contributed by atoms with Gasteiger partial charge in [-0.3, -0.25) is 4.68 Å². The molecule has 0 aromatic carbocycles. The van der Waals surface area contributed by atoms with Gasteiger partial charge in [-0.25, -0.2) is 0 Å². The zero-order chi connectivity index (χ0) is 17.0. The lowest BCUT2D eigenvalue weighted by molar-refractivity contribution is 0.0887. The second-order valence-electron chi connectivity index (χ2n) is 7.50. The lowest BCUT2D eigenvalue weighted by Crippen LogP contribution is -2.33. The Morgan fingerprint density at radius 1 is 1.43 bits per heavy atom. The molecule has 23 heavy (non-hydrogen) atoms. The molecule has 0 bridgehead atoms. The Bertz CT molecular complexity index is 570. The van der Waals surface area contributed by atoms with Crippen LogP contribution in [0.25, 0.3) is 0 Å². The fraction of sp³-hybridized carbons (Fsp3) is 0.778. The van der Waals surface area contributed by atoms with Crippen LogP contribution in [0.3, 0.4) is 0 Å². The van der Waals surface area contributed by atoms with E-state index in [2.05, 4.69) is 44.2 Å². The maximum Gasteiger partial charge on any atom is 0.0901 e. The predicted octanol–water partition coefficient (Wildman–Crippen LogP) is 3.03. The quantitative estimate of drug-likeness (QED) is 0.839. The van der Waals surface area contributed by atoms with Crippen molar-refractivity contribution < 1.29 is 4.74 Å². The van der Waals surface area contributed by atoms with Crippen LogP contribution in [0.2, 0.25) is 0 Å². The van der Waals surface area contributed by atoms with Crippen LogP contribution in [0, 0.1) is 36.5 Å². The van der Waals surface area contributed by atoms with Gasteiger partial charge in [-0.2, -0.15) is 10.4 Å². The molecule has 0 aliphatic carbocycles. The molecule has 0 saturated carbocycles. The summed E-state index contributed by atoms with van der Waals surface area (Å²) in [5.41, 5.74) is 3.70. The maximum atomic E-state index is 8.75. The van der Waals surface area contributed by atoms with Crippen LogP contribution in [0.1, 0.15) is 56.2 Å². The van der Waals surface area contributed by atoms with Crippen molar-refractivity contribution in [2.75, 3.05) is 19.7 Å². The van der Waals surface area contributed by atoms with E-state index in [0.717, 1.165) is 38.2 Å². The summed E-state index contributed by atoms with van der Waals surface area (Å²) in [5.74, 6) is 0.489. The number of aromatic nitrogens is 2. The minimum atomic E-state index is 0.151. The van der Waals surface area contributed by atoms with E-state index in [9.17, 15) is 0 Å². The molecule has 2 atom stereocenters. The van der Waals surface area contributed by atoms with Crippen molar-refractivity contribution in [1.29, 1.82) is 5.26 Å². The van der Waals surface area contributed by atoms with E-state index in [-0.39, 0.29) is 11.5 Å². The number of rotatable bonds is 7. The summed E-state index contributed by atoms with van der Waals surface area (Å²) in [6, 6.07) is 2.24. The molecular formula is C18H30N4O. The van der Waals surface area contributed by atoms with E-state index in [1.807, 2.05) is 11.7 Å². The summed E-state index contributed by atoms with van der Waals surface area (Å²) in [7, 11) is 1.99. The number of hydrogen-bond donors (Lipinski definition) is 1. The van der Waals surface area contributed by atoms with Crippen molar-refractivity contribution in [1.82, 2.24) is 15.1 Å². The van der Waals surface area contributed by atoms with Crippen LogP contribution < -0.4 is 5.32 Å². The van der Waals surface area contributed by atoms with Crippen molar-refractivity contribution in [2.45, 2.75) is 53.1 Å². The minimum Gasteiger partial charge on any atom is -0.373 e. The van der Waals surface area contributed by atoms with Crippen LogP contribution in [0.4, 0.5) is 0 Å². The number of nitriles is 1. The van der Waals surface area contributed by atoms with E-state index < -0.39 is 0 Å². The first kappa shape index (κ1) is 18.0. The van der Waals surface area contributed by atoms with E-state index in [4.69, 9.17) is 10.00 Å². The molecule has 1 N–H and O–H groups in total. The first-order valence-corrected chi connectivity index (χ1v) is 8.55. The van der Waals surface area contributed by atoms with E-state index in [1.54, 1.807) is 0 Å². The molecule has 5 nitrogen and oxygen atoms in total. The van der Waals surface area contributed by atoms with Gasteiger partial charge in [0.25, 0.3) is 0 Å². The molecule has 2 rings (SSSR count). The highest BCUT2D eigenvalue weighted by Gasteiger charge is 2.33. The number of aryl methyl sites for hydroxylation is 2. The monoisotopic (exact) mass is 318 g/mol. The molecule has 2 heterocycles. The fourth-order valence-corrected chi connectivity index (χ4v) is 3.44. The zero-order valence-electron chi connectivity index (χ0n) is 15.1. The summed E-state index contributed by atoms with van der Waals surface area (Å²) in [4.78, 5) is 0. The van der Waals surface area contributed by atoms with Crippen molar-refractivity contribution in [3.8, 4) is 6.07 Å². The number of nitrogens with one attached hydrogen (secondary N) is 1. The molecular weight excluding hydrogens is 288 g/mol. The van der Waals surface area contributed by atoms with Gasteiger partial charge in [0.15, 0.2) is 0 Å². The predicted molar refractivity (Wildman–Crippen MR) is 91.0 cm³/mol. The number of ether oxygens (including phenoxy) is 1. The highest BCUT2D eigenvalue weighted by molar-refractivity contribution is 5.28. The van der Waals surface area contributed by atoms with Gasteiger partial charge in [0.05, 0.1) is 17.9 Å². The molecule has 2 unspecified atom stereocenters. The van der Waals surface area contributed by atoms with Crippen LogP contribution in [0.5, 0.6) is 0 Å². The first-order valence-electron chi connectivity index (χ1n) is 8.55. The second-order valence-corrected chi connectivity index (χ2v) is 7.50. The highest BCUT2D eigenvalue weighted by Crippen LogP contribution is 2.37. The Labute approximate surface area is 140 Å². The number of hydrogen-bond acceptors (Lipinski definition) is 4. The van der Waals surface area contributed by atoms with Crippen molar-refractivity contribution in [3.63, 3.8) is 0 Å². The van der Waals surface area contributed by atoms with Gasteiger partial charge in [-0.05, 0) is 32.1 Å². The topological polar surface area (TPSA) is 62.9 Å². The summed E-state index contributed by atoms with van der Waals surface area (Å²) < 4.78 is 7.98. The molecule has 1 aliphatic rings. The summed E-state index contributed by atoms with van der Waals surface area (Å²) >= 11 is 0. The van der Waals surface area contributed by atoms with E-state index in [1.165, 1.54) is 11.3 Å². The van der Waals surface area contributed by atoms with Crippen LogP contribution in [0.15, 0.2) is 0 Å². The summed E-state index contributed by atoms with van der Waals surface area (Å²) in [5, 5.41) is 16.9. The number of nitrogens with zero attached hydrogens (tertiary/aromatic N) is 3. The Kier molecular flexibility index (Phi) is 5.83. The third kappa shape index (κ3) is 4.33. The van der Waals surface area contributed by atoms with E-state index in [0.29, 0.717) is 12.3 Å². The van der Waals surface area contributed by atoms with Gasteiger partial charge < -0.3 is 10.1 Å². The van der Waals surface area contributed by atoms with Gasteiger partial charge >= 0.3 is 0 Å². The molecule has 1 aromatic rings. The Balaban J connectivity index is 1.94. The first-order chi connectivity index (χ1) is 10.9. The second kappa shape index (κ2) is 7.46. The Morgan fingerprint density at radius 3 is 2.78 bits per heavy atom. The standard InChI is InChI=1S/C18H30N4O/c1-13-16(14(2)22(5)21-13)17-15(7-10-23-17)11-20-12-18(3,4)8-6-9-19/h15,17,20H,6-8,10-12H2,1-5H3. The molecule has 0 amide bonds. The molecule has 0 spiro atoms. The zero-order valence-corrected chi connectivity index (χ0v) is 15.1. The van der Waals surface area contributed by atoms with Gasteiger partial charge in [-0.1, -0.05) is 13.8 Å². The fourth-order valence-electron chi connectivity index (χ4n) is 3.44.